The van der Waals surface area contributed by atoms with Crippen LogP contribution >= 0.6 is 0 Å². The van der Waals surface area contributed by atoms with Crippen molar-refractivity contribution in [2.75, 3.05) is 26.4 Å². The van der Waals surface area contributed by atoms with Crippen LogP contribution in [0.25, 0.3) is 0 Å². The van der Waals surface area contributed by atoms with Crippen molar-refractivity contribution in [2.45, 2.75) is 51.2 Å². The molecule has 1 aliphatic rings. The lowest BCUT2D eigenvalue weighted by atomic mass is 9.94. The van der Waals surface area contributed by atoms with Crippen molar-refractivity contribution < 1.29 is 27.4 Å². The number of likely N-dealkylation sites (N-methyl/N-ethyl adjacent to an activating group) is 1. The molecule has 4 nitrogen and oxygen atoms in total. The van der Waals surface area contributed by atoms with Gasteiger partial charge >= 0.3 is 12.1 Å². The van der Waals surface area contributed by atoms with E-state index in [9.17, 15) is 18.0 Å². The molecule has 0 bridgehead atoms. The molecular formula is C14H24F3NO3. The molecule has 1 atom stereocenters. The van der Waals surface area contributed by atoms with Crippen LogP contribution in [0, 0.1) is 5.92 Å². The molecule has 7 heteroatoms. The lowest BCUT2D eigenvalue weighted by molar-refractivity contribution is -0.156. The summed E-state index contributed by atoms with van der Waals surface area (Å²) in [6.07, 6.45) is -3.33. The maximum Gasteiger partial charge on any atom is 0.389 e. The second-order valence-corrected chi connectivity index (χ2v) is 5.27. The Labute approximate surface area is 123 Å². The van der Waals surface area contributed by atoms with Gasteiger partial charge in [0.1, 0.15) is 5.54 Å². The van der Waals surface area contributed by atoms with E-state index in [0.717, 1.165) is 12.8 Å². The maximum absolute atomic E-state index is 12.2. The van der Waals surface area contributed by atoms with Crippen LogP contribution in [-0.2, 0) is 14.3 Å². The van der Waals surface area contributed by atoms with Gasteiger partial charge in [-0.3, -0.25) is 5.32 Å². The Bertz CT molecular complexity index is 332. The zero-order valence-electron chi connectivity index (χ0n) is 12.6. The molecule has 0 saturated heterocycles. The van der Waals surface area contributed by atoms with Gasteiger partial charge < -0.3 is 9.47 Å². The molecule has 21 heavy (non-hydrogen) atoms. The van der Waals surface area contributed by atoms with Crippen molar-refractivity contribution in [3.05, 3.63) is 0 Å². The summed E-state index contributed by atoms with van der Waals surface area (Å²) >= 11 is 0. The van der Waals surface area contributed by atoms with Crippen LogP contribution in [0.3, 0.4) is 0 Å². The average Bonchev–Trinajstić information content (AvgIpc) is 3.20. The number of nitrogens with one attached hydrogen (secondary N) is 1. The molecule has 0 radical (unpaired) electrons. The second-order valence-electron chi connectivity index (χ2n) is 5.27. The molecule has 0 spiro atoms. The molecular weight excluding hydrogens is 287 g/mol. The third-order valence-corrected chi connectivity index (χ3v) is 3.48. The predicted octanol–water partition coefficient (Wildman–Crippen LogP) is 2.67. The quantitative estimate of drug-likeness (QED) is 0.498. The van der Waals surface area contributed by atoms with E-state index >= 15 is 0 Å². The van der Waals surface area contributed by atoms with E-state index in [2.05, 4.69) is 5.32 Å². The Morgan fingerprint density at radius 3 is 2.43 bits per heavy atom. The largest absolute Gasteiger partial charge is 0.465 e. The van der Waals surface area contributed by atoms with Gasteiger partial charge in [-0.25, -0.2) is 4.79 Å². The average molecular weight is 311 g/mol. The van der Waals surface area contributed by atoms with Crippen LogP contribution in [0.4, 0.5) is 13.2 Å². The first-order valence-corrected chi connectivity index (χ1v) is 7.42. The Morgan fingerprint density at radius 2 is 1.95 bits per heavy atom. The Kier molecular flexibility index (Phi) is 6.93. The number of ether oxygens (including phenoxy) is 2. The van der Waals surface area contributed by atoms with Crippen LogP contribution in [0.1, 0.15) is 39.5 Å². The minimum Gasteiger partial charge on any atom is -0.465 e. The highest BCUT2D eigenvalue weighted by atomic mass is 19.4. The Hall–Kier alpha value is -0.820. The van der Waals surface area contributed by atoms with E-state index in [1.807, 2.05) is 6.92 Å². The molecule has 124 valence electrons. The second kappa shape index (κ2) is 7.98. The molecule has 1 unspecified atom stereocenters. The van der Waals surface area contributed by atoms with Gasteiger partial charge in [-0.1, -0.05) is 6.92 Å². The molecule has 1 fully saturated rings. The fourth-order valence-corrected chi connectivity index (χ4v) is 2.37. The van der Waals surface area contributed by atoms with Crippen molar-refractivity contribution in [1.29, 1.82) is 0 Å². The first kappa shape index (κ1) is 18.2. The number of carbonyl (C=O) groups is 1. The zero-order valence-corrected chi connectivity index (χ0v) is 12.6. The van der Waals surface area contributed by atoms with Crippen molar-refractivity contribution in [3.63, 3.8) is 0 Å². The number of carbonyl (C=O) groups excluding carboxylic acids is 1. The van der Waals surface area contributed by atoms with Gasteiger partial charge in [0, 0.05) is 13.0 Å². The molecule has 1 rings (SSSR count). The summed E-state index contributed by atoms with van der Waals surface area (Å²) in [7, 11) is 0. The van der Waals surface area contributed by atoms with E-state index in [-0.39, 0.29) is 38.1 Å². The molecule has 0 aromatic rings. The highest BCUT2D eigenvalue weighted by molar-refractivity contribution is 5.82. The van der Waals surface area contributed by atoms with Crippen molar-refractivity contribution >= 4 is 5.97 Å². The first-order valence-electron chi connectivity index (χ1n) is 7.42. The van der Waals surface area contributed by atoms with E-state index in [4.69, 9.17) is 9.47 Å². The first-order chi connectivity index (χ1) is 9.85. The molecule has 0 aliphatic heterocycles. The molecule has 0 aromatic carbocycles. The summed E-state index contributed by atoms with van der Waals surface area (Å²) in [6, 6.07) is 0. The number of hydrogen-bond donors (Lipinski definition) is 1. The van der Waals surface area contributed by atoms with Crippen molar-refractivity contribution in [2.24, 2.45) is 5.92 Å². The fraction of sp³-hybridized carbons (Fsp3) is 0.929. The van der Waals surface area contributed by atoms with Gasteiger partial charge in [0.25, 0.3) is 0 Å². The van der Waals surface area contributed by atoms with Gasteiger partial charge in [0.05, 0.1) is 13.2 Å². The Morgan fingerprint density at radius 1 is 1.29 bits per heavy atom. The van der Waals surface area contributed by atoms with Crippen LogP contribution in [0.5, 0.6) is 0 Å². The summed E-state index contributed by atoms with van der Waals surface area (Å²) in [5.74, 6) is -0.232. The summed E-state index contributed by atoms with van der Waals surface area (Å²) < 4.78 is 46.7. The summed E-state index contributed by atoms with van der Waals surface area (Å²) in [5.41, 5.74) is -0.914. The van der Waals surface area contributed by atoms with Crippen molar-refractivity contribution in [3.8, 4) is 0 Å². The predicted molar refractivity (Wildman–Crippen MR) is 71.9 cm³/mol. The van der Waals surface area contributed by atoms with Crippen LogP contribution in [0.15, 0.2) is 0 Å². The SMILES string of the molecule is CCNC(COCCCC(F)(F)F)(C(=O)OCC)C1CC1. The summed E-state index contributed by atoms with van der Waals surface area (Å²) in [6.45, 7) is 4.49. The molecule has 1 N–H and O–H groups in total. The number of halogens is 3. The zero-order chi connectivity index (χ0) is 15.9. The highest BCUT2D eigenvalue weighted by Crippen LogP contribution is 2.40. The molecule has 1 saturated carbocycles. The minimum absolute atomic E-state index is 0.0151. The van der Waals surface area contributed by atoms with Gasteiger partial charge in [0.15, 0.2) is 0 Å². The lowest BCUT2D eigenvalue weighted by Gasteiger charge is -2.32. The monoisotopic (exact) mass is 311 g/mol. The summed E-state index contributed by atoms with van der Waals surface area (Å²) in [4.78, 5) is 12.2. The molecule has 0 heterocycles. The number of rotatable bonds is 10. The van der Waals surface area contributed by atoms with E-state index in [0.29, 0.717) is 6.54 Å². The lowest BCUT2D eigenvalue weighted by Crippen LogP contribution is -2.58. The van der Waals surface area contributed by atoms with Gasteiger partial charge in [-0.2, -0.15) is 13.2 Å². The Balaban J connectivity index is 2.51. The van der Waals surface area contributed by atoms with Crippen LogP contribution in [-0.4, -0.2) is 44.0 Å². The van der Waals surface area contributed by atoms with Crippen LogP contribution < -0.4 is 5.32 Å². The topological polar surface area (TPSA) is 47.6 Å². The molecule has 0 aromatic heterocycles. The third-order valence-electron chi connectivity index (χ3n) is 3.48. The molecule has 1 aliphatic carbocycles. The van der Waals surface area contributed by atoms with Gasteiger partial charge in [-0.05, 0) is 38.6 Å². The highest BCUT2D eigenvalue weighted by Gasteiger charge is 2.51. The number of hydrogen-bond acceptors (Lipinski definition) is 4. The number of alkyl halides is 3. The minimum atomic E-state index is -4.17. The normalized spacial score (nSPS) is 18.3. The maximum atomic E-state index is 12.2. The summed E-state index contributed by atoms with van der Waals surface area (Å²) in [5, 5.41) is 3.13. The van der Waals surface area contributed by atoms with Crippen molar-refractivity contribution in [1.82, 2.24) is 5.32 Å². The van der Waals surface area contributed by atoms with E-state index in [1.54, 1.807) is 6.92 Å². The molecule has 0 amide bonds. The van der Waals surface area contributed by atoms with Gasteiger partial charge in [0.2, 0.25) is 0 Å². The smallest absolute Gasteiger partial charge is 0.389 e. The van der Waals surface area contributed by atoms with Crippen LogP contribution in [0.2, 0.25) is 0 Å². The standard InChI is InChI=1S/C14H24F3NO3/c1-3-18-13(11-6-7-11,12(19)21-4-2)10-20-9-5-8-14(15,16)17/h11,18H,3-10H2,1-2H3. The number of esters is 1. The van der Waals surface area contributed by atoms with Gasteiger partial charge in [-0.15, -0.1) is 0 Å². The fourth-order valence-electron chi connectivity index (χ4n) is 2.37. The van der Waals surface area contributed by atoms with E-state index in [1.165, 1.54) is 0 Å². The third kappa shape index (κ3) is 5.82. The van der Waals surface area contributed by atoms with E-state index < -0.39 is 18.1 Å².